The van der Waals surface area contributed by atoms with Gasteiger partial charge in [-0.25, -0.2) is 14.6 Å². The van der Waals surface area contributed by atoms with Crippen LogP contribution in [0.3, 0.4) is 0 Å². The number of aliphatic hydroxyl groups is 1. The molecule has 1 aliphatic heterocycles. The van der Waals surface area contributed by atoms with Crippen LogP contribution >= 0.6 is 11.6 Å². The molecule has 4 atom stereocenters. The average Bonchev–Trinajstić information content (AvgIpc) is 3.49. The molecule has 0 spiro atoms. The normalized spacial score (nSPS) is 18.5. The lowest BCUT2D eigenvalue weighted by atomic mass is 10.00. The van der Waals surface area contributed by atoms with Crippen LogP contribution in [0, 0.1) is 5.92 Å². The molecule has 232 valence electrons. The second-order valence-corrected chi connectivity index (χ2v) is 12.8. The number of halogens is 1. The molecule has 11 nitrogen and oxygen atoms in total. The molecule has 0 aliphatic carbocycles. The standard InChI is InChI=1S/C31H40ClN5O6/c1-18(2)25(27-34-36(7)29(40)42-27)35(6)28(39)20-10-8-19(9-11-20)16-22-13-14-23(37(22)30(41)43-31(3,4)5)26(38)21-12-15-24(32)33-17-21/h8-12,15,17-18,22-23,25-26,38H,13-14,16H2,1-7H3/t22-,23+,25?,26+/m0/s1. The molecule has 43 heavy (non-hydrogen) atoms. The molecular formula is C31H40ClN5O6. The molecule has 1 unspecified atom stereocenters. The Morgan fingerprint density at radius 1 is 1.16 bits per heavy atom. The maximum absolute atomic E-state index is 13.4. The molecule has 0 radical (unpaired) electrons. The summed E-state index contributed by atoms with van der Waals surface area (Å²) >= 11 is 5.93. The Bertz CT molecular complexity index is 1480. The Morgan fingerprint density at radius 2 is 1.84 bits per heavy atom. The van der Waals surface area contributed by atoms with Crippen molar-refractivity contribution in [2.75, 3.05) is 7.05 Å². The lowest BCUT2D eigenvalue weighted by Crippen LogP contribution is -2.47. The second-order valence-electron chi connectivity index (χ2n) is 12.4. The van der Waals surface area contributed by atoms with E-state index in [4.69, 9.17) is 20.8 Å². The van der Waals surface area contributed by atoms with Gasteiger partial charge < -0.3 is 19.2 Å². The van der Waals surface area contributed by atoms with E-state index in [1.807, 2.05) is 46.8 Å². The van der Waals surface area contributed by atoms with E-state index in [1.54, 1.807) is 36.2 Å². The Balaban J connectivity index is 1.52. The van der Waals surface area contributed by atoms with Gasteiger partial charge in [0.05, 0.1) is 6.04 Å². The molecule has 1 aliphatic rings. The number of hydrogen-bond acceptors (Lipinski definition) is 8. The van der Waals surface area contributed by atoms with Crippen LogP contribution in [0.25, 0.3) is 0 Å². The minimum Gasteiger partial charge on any atom is -0.444 e. The third-order valence-electron chi connectivity index (χ3n) is 7.61. The zero-order valence-corrected chi connectivity index (χ0v) is 26.4. The summed E-state index contributed by atoms with van der Waals surface area (Å²) in [6, 6.07) is 9.30. The van der Waals surface area contributed by atoms with Gasteiger partial charge in [-0.3, -0.25) is 9.69 Å². The summed E-state index contributed by atoms with van der Waals surface area (Å²) in [5.41, 5.74) is 1.26. The number of amides is 2. The van der Waals surface area contributed by atoms with Crippen LogP contribution in [0.4, 0.5) is 4.79 Å². The van der Waals surface area contributed by atoms with Gasteiger partial charge in [-0.2, -0.15) is 4.68 Å². The van der Waals surface area contributed by atoms with E-state index in [0.717, 1.165) is 10.2 Å². The van der Waals surface area contributed by atoms with Gasteiger partial charge in [0.2, 0.25) is 5.89 Å². The van der Waals surface area contributed by atoms with Crippen molar-refractivity contribution in [2.45, 2.75) is 83.7 Å². The molecule has 2 amide bonds. The number of aliphatic hydroxyl groups excluding tert-OH is 1. The summed E-state index contributed by atoms with van der Waals surface area (Å²) in [4.78, 5) is 45.9. The van der Waals surface area contributed by atoms with Crippen LogP contribution in [0.5, 0.6) is 0 Å². The first kappa shape index (κ1) is 32.2. The van der Waals surface area contributed by atoms with Gasteiger partial charge in [0.15, 0.2) is 0 Å². The number of carbonyl (C=O) groups is 2. The van der Waals surface area contributed by atoms with Crippen LogP contribution in [0.15, 0.2) is 51.8 Å². The second kappa shape index (κ2) is 12.9. The number of benzene rings is 1. The van der Waals surface area contributed by atoms with Gasteiger partial charge in [-0.05, 0) is 69.7 Å². The molecule has 12 heteroatoms. The lowest BCUT2D eigenvalue weighted by Gasteiger charge is -2.34. The Morgan fingerprint density at radius 3 is 2.37 bits per heavy atom. The molecule has 1 aromatic carbocycles. The van der Waals surface area contributed by atoms with Crippen LogP contribution in [0.2, 0.25) is 5.15 Å². The number of pyridine rings is 1. The van der Waals surface area contributed by atoms with Crippen LogP contribution in [-0.2, 0) is 18.2 Å². The molecule has 3 heterocycles. The monoisotopic (exact) mass is 613 g/mol. The minimum atomic E-state index is -0.963. The molecule has 0 saturated carbocycles. The van der Waals surface area contributed by atoms with Gasteiger partial charge in [0.25, 0.3) is 5.91 Å². The SMILES string of the molecule is CC(C)C(c1nn(C)c(=O)o1)N(C)C(=O)c1ccc(C[C@@H]2CC[C@H]([C@H](O)c3ccc(Cl)nc3)N2C(=O)OC(C)(C)C)cc1. The zero-order chi connectivity index (χ0) is 31.6. The third kappa shape index (κ3) is 7.45. The van der Waals surface area contributed by atoms with Crippen molar-refractivity contribution < 1.29 is 23.8 Å². The summed E-state index contributed by atoms with van der Waals surface area (Å²) in [6.45, 7) is 9.28. The van der Waals surface area contributed by atoms with E-state index < -0.39 is 35.6 Å². The first-order chi connectivity index (χ1) is 20.2. The molecule has 1 N–H and O–H groups in total. The van der Waals surface area contributed by atoms with E-state index in [-0.39, 0.29) is 23.8 Å². The fraction of sp³-hybridized carbons (Fsp3) is 0.516. The third-order valence-corrected chi connectivity index (χ3v) is 7.83. The zero-order valence-electron chi connectivity index (χ0n) is 25.7. The van der Waals surface area contributed by atoms with Crippen molar-refractivity contribution in [2.24, 2.45) is 13.0 Å². The van der Waals surface area contributed by atoms with Crippen molar-refractivity contribution >= 4 is 23.6 Å². The quantitative estimate of drug-likeness (QED) is 0.354. The summed E-state index contributed by atoms with van der Waals surface area (Å²) in [6.07, 6.45) is 1.82. The van der Waals surface area contributed by atoms with Crippen molar-refractivity contribution in [1.29, 1.82) is 0 Å². The first-order valence-electron chi connectivity index (χ1n) is 14.4. The maximum Gasteiger partial charge on any atom is 0.436 e. The molecule has 1 saturated heterocycles. The van der Waals surface area contributed by atoms with E-state index in [2.05, 4.69) is 10.1 Å². The van der Waals surface area contributed by atoms with Crippen LogP contribution in [-0.4, -0.2) is 66.4 Å². The van der Waals surface area contributed by atoms with Crippen molar-refractivity contribution in [3.05, 3.63) is 80.9 Å². The lowest BCUT2D eigenvalue weighted by molar-refractivity contribution is -0.00459. The number of hydrogen-bond donors (Lipinski definition) is 1. The number of aryl methyl sites for hydroxylation is 1. The van der Waals surface area contributed by atoms with Gasteiger partial charge in [-0.1, -0.05) is 43.6 Å². The molecule has 4 rings (SSSR count). The fourth-order valence-corrected chi connectivity index (χ4v) is 5.69. The fourth-order valence-electron chi connectivity index (χ4n) is 5.57. The number of nitrogens with zero attached hydrogens (tertiary/aromatic N) is 5. The van der Waals surface area contributed by atoms with Crippen LogP contribution < -0.4 is 5.76 Å². The predicted molar refractivity (Wildman–Crippen MR) is 161 cm³/mol. The highest BCUT2D eigenvalue weighted by atomic mass is 35.5. The Labute approximate surface area is 256 Å². The topological polar surface area (TPSA) is 131 Å². The number of aromatic nitrogens is 3. The largest absolute Gasteiger partial charge is 0.444 e. The molecule has 3 aromatic rings. The predicted octanol–water partition coefficient (Wildman–Crippen LogP) is 4.94. The van der Waals surface area contributed by atoms with Gasteiger partial charge in [0.1, 0.15) is 22.9 Å². The highest BCUT2D eigenvalue weighted by Gasteiger charge is 2.43. The summed E-state index contributed by atoms with van der Waals surface area (Å²) in [5, 5.41) is 15.7. The number of ether oxygens (including phenoxy) is 1. The highest BCUT2D eigenvalue weighted by Crippen LogP contribution is 2.36. The van der Waals surface area contributed by atoms with Gasteiger partial charge in [0, 0.05) is 37.5 Å². The smallest absolute Gasteiger partial charge is 0.436 e. The average molecular weight is 614 g/mol. The van der Waals surface area contributed by atoms with E-state index in [9.17, 15) is 19.5 Å². The summed E-state index contributed by atoms with van der Waals surface area (Å²) in [5.74, 6) is -0.698. The molecular weight excluding hydrogens is 574 g/mol. The van der Waals surface area contributed by atoms with Crippen molar-refractivity contribution in [1.82, 2.24) is 24.6 Å². The highest BCUT2D eigenvalue weighted by molar-refractivity contribution is 6.29. The minimum absolute atomic E-state index is 0.0561. The molecule has 0 bridgehead atoms. The van der Waals surface area contributed by atoms with Gasteiger partial charge >= 0.3 is 11.8 Å². The van der Waals surface area contributed by atoms with Crippen LogP contribution in [0.1, 0.15) is 87.0 Å². The maximum atomic E-state index is 13.4. The van der Waals surface area contributed by atoms with Crippen molar-refractivity contribution in [3.8, 4) is 0 Å². The summed E-state index contributed by atoms with van der Waals surface area (Å²) in [7, 11) is 3.16. The Hall–Kier alpha value is -3.70. The number of rotatable bonds is 8. The van der Waals surface area contributed by atoms with Gasteiger partial charge in [-0.15, -0.1) is 5.10 Å². The number of likely N-dealkylation sites (tertiary alicyclic amines) is 1. The molecule has 2 aromatic heterocycles. The first-order valence-corrected chi connectivity index (χ1v) is 14.7. The summed E-state index contributed by atoms with van der Waals surface area (Å²) < 4.78 is 12.1. The van der Waals surface area contributed by atoms with E-state index in [0.29, 0.717) is 35.5 Å². The molecule has 1 fully saturated rings. The van der Waals surface area contributed by atoms with E-state index >= 15 is 0 Å². The van der Waals surface area contributed by atoms with Crippen molar-refractivity contribution in [3.63, 3.8) is 0 Å². The van der Waals surface area contributed by atoms with E-state index in [1.165, 1.54) is 18.1 Å². The Kier molecular flexibility index (Phi) is 9.66. The number of carbonyl (C=O) groups excluding carboxylic acids is 2.